The Morgan fingerprint density at radius 2 is 2.15 bits per heavy atom. The quantitative estimate of drug-likeness (QED) is 0.414. The van der Waals surface area contributed by atoms with E-state index in [-0.39, 0.29) is 30.1 Å². The molecule has 1 saturated heterocycles. The van der Waals surface area contributed by atoms with Crippen molar-refractivity contribution in [1.82, 2.24) is 15.2 Å². The predicted octanol–water partition coefficient (Wildman–Crippen LogP) is 3.51. The van der Waals surface area contributed by atoms with Crippen LogP contribution in [0.3, 0.4) is 0 Å². The Morgan fingerprint density at radius 3 is 2.85 bits per heavy atom. The number of aryl methyl sites for hydroxylation is 2. The number of benzene rings is 1. The highest BCUT2D eigenvalue weighted by molar-refractivity contribution is 14.0. The third-order valence-electron chi connectivity index (χ3n) is 4.74. The SMILES string of the molecule is CN=C(NCCc1ccccn1)N1CCOC(c2ccc(C)cc2C)C1.I. The predicted molar refractivity (Wildman–Crippen MR) is 121 cm³/mol. The van der Waals surface area contributed by atoms with Crippen molar-refractivity contribution in [2.45, 2.75) is 26.4 Å². The van der Waals surface area contributed by atoms with Crippen molar-refractivity contribution < 1.29 is 4.74 Å². The summed E-state index contributed by atoms with van der Waals surface area (Å²) in [6, 6.07) is 12.6. The molecule has 2 aromatic rings. The van der Waals surface area contributed by atoms with Gasteiger partial charge >= 0.3 is 0 Å². The minimum atomic E-state index is 0. The van der Waals surface area contributed by atoms with Crippen LogP contribution >= 0.6 is 24.0 Å². The third-order valence-corrected chi connectivity index (χ3v) is 4.74. The first kappa shape index (κ1) is 21.6. The van der Waals surface area contributed by atoms with E-state index in [0.717, 1.165) is 37.7 Å². The van der Waals surface area contributed by atoms with Crippen molar-refractivity contribution in [1.29, 1.82) is 0 Å². The maximum absolute atomic E-state index is 6.05. The number of nitrogens with zero attached hydrogens (tertiary/aromatic N) is 3. The number of aliphatic imine (C=N–C) groups is 1. The lowest BCUT2D eigenvalue weighted by Crippen LogP contribution is -2.48. The standard InChI is InChI=1S/C21H28N4O.HI/c1-16-7-8-19(17(2)14-16)20-15-25(12-13-26-20)21(22-3)24-11-9-18-6-4-5-10-23-18;/h4-8,10,14,20H,9,11-13,15H2,1-3H3,(H,22,24);1H. The maximum Gasteiger partial charge on any atom is 0.193 e. The lowest BCUT2D eigenvalue weighted by molar-refractivity contribution is -0.00830. The average Bonchev–Trinajstić information content (AvgIpc) is 2.66. The van der Waals surface area contributed by atoms with E-state index >= 15 is 0 Å². The Balaban J connectivity index is 0.00000261. The molecular weight excluding hydrogens is 451 g/mol. The molecule has 0 spiro atoms. The molecule has 6 heteroatoms. The monoisotopic (exact) mass is 480 g/mol. The first-order valence-electron chi connectivity index (χ1n) is 9.21. The van der Waals surface area contributed by atoms with E-state index in [1.54, 1.807) is 0 Å². The van der Waals surface area contributed by atoms with E-state index in [0.29, 0.717) is 6.61 Å². The van der Waals surface area contributed by atoms with Gasteiger partial charge in [0.1, 0.15) is 6.10 Å². The fourth-order valence-corrected chi connectivity index (χ4v) is 3.40. The fourth-order valence-electron chi connectivity index (χ4n) is 3.40. The van der Waals surface area contributed by atoms with E-state index in [4.69, 9.17) is 4.74 Å². The number of aromatic nitrogens is 1. The van der Waals surface area contributed by atoms with E-state index in [1.165, 1.54) is 16.7 Å². The first-order chi connectivity index (χ1) is 12.7. The zero-order valence-corrected chi connectivity index (χ0v) is 18.6. The van der Waals surface area contributed by atoms with Crippen LogP contribution in [0.1, 0.15) is 28.5 Å². The maximum atomic E-state index is 6.05. The van der Waals surface area contributed by atoms with Crippen LogP contribution in [-0.4, -0.2) is 49.1 Å². The number of morpholine rings is 1. The lowest BCUT2D eigenvalue weighted by atomic mass is 10.00. The summed E-state index contributed by atoms with van der Waals surface area (Å²) in [7, 11) is 1.84. The molecule has 1 atom stereocenters. The molecule has 3 rings (SSSR count). The average molecular weight is 480 g/mol. The van der Waals surface area contributed by atoms with Crippen LogP contribution in [0.15, 0.2) is 47.6 Å². The summed E-state index contributed by atoms with van der Waals surface area (Å²) in [6.07, 6.45) is 2.80. The van der Waals surface area contributed by atoms with Gasteiger partial charge in [0.25, 0.3) is 0 Å². The zero-order valence-electron chi connectivity index (χ0n) is 16.3. The summed E-state index contributed by atoms with van der Waals surface area (Å²) < 4.78 is 6.05. The first-order valence-corrected chi connectivity index (χ1v) is 9.21. The van der Waals surface area contributed by atoms with Gasteiger partial charge in [-0.3, -0.25) is 9.98 Å². The second-order valence-electron chi connectivity index (χ2n) is 6.71. The van der Waals surface area contributed by atoms with Crippen LogP contribution in [0.2, 0.25) is 0 Å². The van der Waals surface area contributed by atoms with Gasteiger partial charge in [0.05, 0.1) is 13.2 Å². The molecule has 2 heterocycles. The van der Waals surface area contributed by atoms with Gasteiger partial charge in [-0.15, -0.1) is 24.0 Å². The Morgan fingerprint density at radius 1 is 1.30 bits per heavy atom. The number of pyridine rings is 1. The number of ether oxygens (including phenoxy) is 1. The molecule has 0 amide bonds. The second kappa shape index (κ2) is 10.6. The summed E-state index contributed by atoms with van der Waals surface area (Å²) in [4.78, 5) is 11.1. The number of guanidine groups is 1. The number of halogens is 1. The summed E-state index contributed by atoms with van der Waals surface area (Å²) in [6.45, 7) is 7.47. The van der Waals surface area contributed by atoms with Crippen LogP contribution in [0, 0.1) is 13.8 Å². The zero-order chi connectivity index (χ0) is 18.4. The van der Waals surface area contributed by atoms with Gasteiger partial charge in [-0.1, -0.05) is 29.8 Å². The number of hydrogen-bond donors (Lipinski definition) is 1. The van der Waals surface area contributed by atoms with Gasteiger partial charge in [-0.05, 0) is 37.1 Å². The van der Waals surface area contributed by atoms with Gasteiger partial charge in [0, 0.05) is 38.4 Å². The minimum Gasteiger partial charge on any atom is -0.370 e. The van der Waals surface area contributed by atoms with Gasteiger partial charge < -0.3 is 15.0 Å². The summed E-state index contributed by atoms with van der Waals surface area (Å²) in [5.41, 5.74) is 4.93. The Kier molecular flexibility index (Phi) is 8.50. The van der Waals surface area contributed by atoms with Crippen LogP contribution in [0.5, 0.6) is 0 Å². The molecule has 1 fully saturated rings. The van der Waals surface area contributed by atoms with Crippen LogP contribution in [-0.2, 0) is 11.2 Å². The molecule has 1 aromatic carbocycles. The number of nitrogens with one attached hydrogen (secondary N) is 1. The van der Waals surface area contributed by atoms with E-state index in [9.17, 15) is 0 Å². The van der Waals surface area contributed by atoms with Crippen molar-refractivity contribution in [2.75, 3.05) is 33.3 Å². The van der Waals surface area contributed by atoms with Gasteiger partial charge in [0.2, 0.25) is 0 Å². The highest BCUT2D eigenvalue weighted by Crippen LogP contribution is 2.25. The number of hydrogen-bond acceptors (Lipinski definition) is 3. The molecule has 146 valence electrons. The van der Waals surface area contributed by atoms with E-state index < -0.39 is 0 Å². The van der Waals surface area contributed by atoms with Gasteiger partial charge in [-0.2, -0.15) is 0 Å². The molecule has 5 nitrogen and oxygen atoms in total. The van der Waals surface area contributed by atoms with Crippen LogP contribution in [0.4, 0.5) is 0 Å². The molecule has 0 radical (unpaired) electrons. The highest BCUT2D eigenvalue weighted by atomic mass is 127. The minimum absolute atomic E-state index is 0. The molecule has 0 bridgehead atoms. The molecule has 0 saturated carbocycles. The topological polar surface area (TPSA) is 49.8 Å². The molecule has 0 aliphatic carbocycles. The van der Waals surface area contributed by atoms with Gasteiger partial charge in [-0.25, -0.2) is 0 Å². The molecule has 27 heavy (non-hydrogen) atoms. The Bertz CT molecular complexity index is 751. The Hall–Kier alpha value is -1.67. The molecule has 1 aliphatic rings. The smallest absolute Gasteiger partial charge is 0.193 e. The molecule has 1 aromatic heterocycles. The second-order valence-corrected chi connectivity index (χ2v) is 6.71. The van der Waals surface area contributed by atoms with Crippen LogP contribution in [0.25, 0.3) is 0 Å². The summed E-state index contributed by atoms with van der Waals surface area (Å²) >= 11 is 0. The Labute approximate surface area is 179 Å². The van der Waals surface area contributed by atoms with E-state index in [2.05, 4.69) is 58.3 Å². The fraction of sp³-hybridized carbons (Fsp3) is 0.429. The van der Waals surface area contributed by atoms with Crippen molar-refractivity contribution in [3.8, 4) is 0 Å². The van der Waals surface area contributed by atoms with E-state index in [1.807, 2.05) is 25.4 Å². The number of rotatable bonds is 4. The molecule has 1 unspecified atom stereocenters. The van der Waals surface area contributed by atoms with Crippen molar-refractivity contribution in [3.05, 3.63) is 65.0 Å². The lowest BCUT2D eigenvalue weighted by Gasteiger charge is -2.35. The molecule has 1 aliphatic heterocycles. The normalized spacial score (nSPS) is 17.4. The molecule has 1 N–H and O–H groups in total. The van der Waals surface area contributed by atoms with Crippen molar-refractivity contribution >= 4 is 29.9 Å². The third kappa shape index (κ3) is 5.90. The van der Waals surface area contributed by atoms with Crippen molar-refractivity contribution in [2.24, 2.45) is 4.99 Å². The van der Waals surface area contributed by atoms with Crippen LogP contribution < -0.4 is 5.32 Å². The summed E-state index contributed by atoms with van der Waals surface area (Å²) in [5, 5.41) is 3.46. The van der Waals surface area contributed by atoms with Crippen molar-refractivity contribution in [3.63, 3.8) is 0 Å². The largest absolute Gasteiger partial charge is 0.370 e. The summed E-state index contributed by atoms with van der Waals surface area (Å²) in [5.74, 6) is 0.930. The van der Waals surface area contributed by atoms with Gasteiger partial charge in [0.15, 0.2) is 5.96 Å². The molecular formula is C21H29IN4O. The highest BCUT2D eigenvalue weighted by Gasteiger charge is 2.25.